The third-order valence-corrected chi connectivity index (χ3v) is 4.87. The van der Waals surface area contributed by atoms with E-state index in [4.69, 9.17) is 0 Å². The molecule has 0 aromatic rings. The molecule has 0 radical (unpaired) electrons. The van der Waals surface area contributed by atoms with Crippen LogP contribution < -0.4 is 5.32 Å². The molecule has 0 heterocycles. The second kappa shape index (κ2) is 7.49. The maximum atomic E-state index is 3.88. The lowest BCUT2D eigenvalue weighted by molar-refractivity contribution is 0.0748. The molecule has 0 saturated heterocycles. The van der Waals surface area contributed by atoms with Crippen molar-refractivity contribution in [1.82, 2.24) is 10.2 Å². The first kappa shape index (κ1) is 16.0. The lowest BCUT2D eigenvalue weighted by Crippen LogP contribution is -2.60. The van der Waals surface area contributed by atoms with Gasteiger partial charge in [-0.2, -0.15) is 0 Å². The van der Waals surface area contributed by atoms with Gasteiger partial charge in [0.15, 0.2) is 0 Å². The predicted molar refractivity (Wildman–Crippen MR) is 81.0 cm³/mol. The summed E-state index contributed by atoms with van der Waals surface area (Å²) in [7, 11) is 4.56. The fraction of sp³-hybridized carbons (Fsp3) is 1.00. The highest BCUT2D eigenvalue weighted by Crippen LogP contribution is 2.40. The molecule has 1 aliphatic carbocycles. The Morgan fingerprint density at radius 2 is 1.72 bits per heavy atom. The normalized spacial score (nSPS) is 22.3. The van der Waals surface area contributed by atoms with Crippen LogP contribution in [-0.2, 0) is 0 Å². The van der Waals surface area contributed by atoms with E-state index in [9.17, 15) is 0 Å². The summed E-state index contributed by atoms with van der Waals surface area (Å²) in [6, 6.07) is 0.662. The Bertz CT molecular complexity index is 219. The smallest absolute Gasteiger partial charge is 0.0359 e. The Kier molecular flexibility index (Phi) is 6.65. The minimum Gasteiger partial charge on any atom is -0.312 e. The van der Waals surface area contributed by atoms with E-state index in [1.807, 2.05) is 0 Å². The Labute approximate surface area is 115 Å². The summed E-state index contributed by atoms with van der Waals surface area (Å²) in [5.41, 5.74) is 0.407. The van der Waals surface area contributed by atoms with Crippen LogP contribution in [-0.4, -0.2) is 37.1 Å². The van der Waals surface area contributed by atoms with Crippen LogP contribution >= 0.6 is 0 Å². The summed E-state index contributed by atoms with van der Waals surface area (Å²) in [5, 5.41) is 3.88. The topological polar surface area (TPSA) is 15.3 Å². The average molecular weight is 254 g/mol. The van der Waals surface area contributed by atoms with Gasteiger partial charge >= 0.3 is 0 Å². The first-order valence-electron chi connectivity index (χ1n) is 7.99. The first-order valence-corrected chi connectivity index (χ1v) is 7.99. The van der Waals surface area contributed by atoms with Crippen LogP contribution in [0.2, 0.25) is 0 Å². The summed E-state index contributed by atoms with van der Waals surface area (Å²) in [4.78, 5) is 2.51. The lowest BCUT2D eigenvalue weighted by Gasteiger charge is -2.46. The lowest BCUT2D eigenvalue weighted by atomic mass is 9.78. The predicted octanol–water partition coefficient (Wildman–Crippen LogP) is 3.67. The summed E-state index contributed by atoms with van der Waals surface area (Å²) < 4.78 is 0. The summed E-state index contributed by atoms with van der Waals surface area (Å²) in [6.45, 7) is 8.19. The molecule has 108 valence electrons. The Morgan fingerprint density at radius 3 is 2.17 bits per heavy atom. The molecule has 1 aliphatic rings. The molecule has 18 heavy (non-hydrogen) atoms. The highest BCUT2D eigenvalue weighted by molar-refractivity contribution is 5.03. The molecule has 0 aromatic carbocycles. The van der Waals surface area contributed by atoms with E-state index in [1.54, 1.807) is 0 Å². The van der Waals surface area contributed by atoms with Crippen molar-refractivity contribution in [3.8, 4) is 0 Å². The van der Waals surface area contributed by atoms with Crippen LogP contribution in [0.4, 0.5) is 0 Å². The van der Waals surface area contributed by atoms with Gasteiger partial charge in [-0.15, -0.1) is 0 Å². The van der Waals surface area contributed by atoms with Crippen molar-refractivity contribution in [3.63, 3.8) is 0 Å². The van der Waals surface area contributed by atoms with Crippen molar-refractivity contribution >= 4 is 0 Å². The van der Waals surface area contributed by atoms with Crippen molar-refractivity contribution in [2.75, 3.05) is 20.6 Å². The van der Waals surface area contributed by atoms with Crippen molar-refractivity contribution in [3.05, 3.63) is 0 Å². The van der Waals surface area contributed by atoms with E-state index in [0.29, 0.717) is 11.6 Å². The Balaban J connectivity index is 2.83. The van der Waals surface area contributed by atoms with Gasteiger partial charge in [0.1, 0.15) is 0 Å². The molecule has 0 bridgehead atoms. The zero-order valence-corrected chi connectivity index (χ0v) is 13.3. The number of hydrogen-bond acceptors (Lipinski definition) is 2. The molecular formula is C16H34N2. The molecule has 1 fully saturated rings. The van der Waals surface area contributed by atoms with Gasteiger partial charge < -0.3 is 10.2 Å². The molecule has 1 rings (SSSR count). The van der Waals surface area contributed by atoms with Crippen molar-refractivity contribution in [1.29, 1.82) is 0 Å². The molecule has 2 unspecified atom stereocenters. The molecule has 0 amide bonds. The largest absolute Gasteiger partial charge is 0.312 e. The van der Waals surface area contributed by atoms with Gasteiger partial charge in [-0.3, -0.25) is 0 Å². The number of rotatable bonds is 8. The first-order chi connectivity index (χ1) is 8.58. The van der Waals surface area contributed by atoms with Crippen molar-refractivity contribution in [2.45, 2.75) is 77.3 Å². The van der Waals surface area contributed by atoms with Gasteiger partial charge in [0, 0.05) is 11.6 Å². The van der Waals surface area contributed by atoms with Gasteiger partial charge in [-0.1, -0.05) is 40.0 Å². The molecule has 1 N–H and O–H groups in total. The van der Waals surface area contributed by atoms with Crippen LogP contribution in [0.3, 0.4) is 0 Å². The fourth-order valence-electron chi connectivity index (χ4n) is 3.87. The summed E-state index contributed by atoms with van der Waals surface area (Å²) in [6.07, 6.45) is 9.43. The van der Waals surface area contributed by atoms with E-state index >= 15 is 0 Å². The van der Waals surface area contributed by atoms with Crippen LogP contribution in [0.5, 0.6) is 0 Å². The molecule has 0 aromatic heterocycles. The molecule has 2 atom stereocenters. The van der Waals surface area contributed by atoms with Crippen molar-refractivity contribution < 1.29 is 0 Å². The minimum absolute atomic E-state index is 0.407. The zero-order valence-electron chi connectivity index (χ0n) is 13.3. The molecule has 2 heteroatoms. The van der Waals surface area contributed by atoms with E-state index in [0.717, 1.165) is 12.5 Å². The van der Waals surface area contributed by atoms with E-state index in [2.05, 4.69) is 45.1 Å². The maximum Gasteiger partial charge on any atom is 0.0359 e. The van der Waals surface area contributed by atoms with Crippen molar-refractivity contribution in [2.24, 2.45) is 5.92 Å². The number of likely N-dealkylation sites (N-methyl/N-ethyl adjacent to an activating group) is 1. The molecule has 0 aliphatic heterocycles. The number of nitrogens with zero attached hydrogens (tertiary/aromatic N) is 1. The van der Waals surface area contributed by atoms with E-state index in [-0.39, 0.29) is 0 Å². The average Bonchev–Trinajstić information content (AvgIpc) is 2.80. The maximum absolute atomic E-state index is 3.88. The van der Waals surface area contributed by atoms with E-state index < -0.39 is 0 Å². The Morgan fingerprint density at radius 1 is 1.11 bits per heavy atom. The zero-order chi connectivity index (χ0) is 13.6. The molecule has 2 nitrogen and oxygen atoms in total. The summed E-state index contributed by atoms with van der Waals surface area (Å²) in [5.74, 6) is 0.780. The third kappa shape index (κ3) is 3.48. The third-order valence-electron chi connectivity index (χ3n) is 4.87. The second-order valence-electron chi connectivity index (χ2n) is 6.40. The Hall–Kier alpha value is -0.0800. The van der Waals surface area contributed by atoms with Crippen LogP contribution in [0.15, 0.2) is 0 Å². The highest BCUT2D eigenvalue weighted by atomic mass is 15.2. The van der Waals surface area contributed by atoms with Crippen LogP contribution in [0.1, 0.15) is 65.7 Å². The quantitative estimate of drug-likeness (QED) is 0.711. The van der Waals surface area contributed by atoms with Crippen LogP contribution in [0, 0.1) is 5.92 Å². The number of hydrogen-bond donors (Lipinski definition) is 1. The van der Waals surface area contributed by atoms with Gasteiger partial charge in [-0.25, -0.2) is 0 Å². The van der Waals surface area contributed by atoms with E-state index in [1.165, 1.54) is 44.9 Å². The number of nitrogens with one attached hydrogen (secondary N) is 1. The van der Waals surface area contributed by atoms with Gasteiger partial charge in [-0.05, 0) is 52.2 Å². The molecular weight excluding hydrogens is 220 g/mol. The molecule has 1 saturated carbocycles. The minimum atomic E-state index is 0.407. The summed E-state index contributed by atoms with van der Waals surface area (Å²) >= 11 is 0. The van der Waals surface area contributed by atoms with Gasteiger partial charge in [0.05, 0.1) is 0 Å². The van der Waals surface area contributed by atoms with Gasteiger partial charge in [0.25, 0.3) is 0 Å². The molecule has 0 spiro atoms. The fourth-order valence-corrected chi connectivity index (χ4v) is 3.87. The monoisotopic (exact) mass is 254 g/mol. The van der Waals surface area contributed by atoms with Crippen LogP contribution in [0.25, 0.3) is 0 Å². The second-order valence-corrected chi connectivity index (χ2v) is 6.40. The highest BCUT2D eigenvalue weighted by Gasteiger charge is 2.44. The SMILES string of the molecule is CCCNC(C(C)CCC)C1(N(C)C)CCCC1. The standard InChI is InChI=1S/C16H34N2/c1-6-10-14(3)15(17-13-7-2)16(18(4)5)11-8-9-12-16/h14-15,17H,6-13H2,1-5H3. The van der Waals surface area contributed by atoms with Gasteiger partial charge in [0.2, 0.25) is 0 Å².